The van der Waals surface area contributed by atoms with Gasteiger partial charge < -0.3 is 9.64 Å². The number of carbonyl (C=O) groups is 1. The largest absolute Gasteiger partial charge is 0.466 e. The van der Waals surface area contributed by atoms with Crippen LogP contribution in [-0.4, -0.2) is 25.7 Å². The molecule has 1 saturated heterocycles. The maximum absolute atomic E-state index is 11.9. The van der Waals surface area contributed by atoms with Crippen LogP contribution in [0.25, 0.3) is 0 Å². The van der Waals surface area contributed by atoms with Crippen LogP contribution < -0.4 is 4.90 Å². The van der Waals surface area contributed by atoms with Crippen molar-refractivity contribution < 1.29 is 9.53 Å². The monoisotopic (exact) mass is 303 g/mol. The first kappa shape index (κ1) is 16.9. The summed E-state index contributed by atoms with van der Waals surface area (Å²) in [5.41, 5.74) is 2.68. The zero-order chi connectivity index (χ0) is 16.1. The van der Waals surface area contributed by atoms with E-state index in [4.69, 9.17) is 4.74 Å². The number of esters is 1. The molecule has 0 aromatic heterocycles. The van der Waals surface area contributed by atoms with Crippen LogP contribution in [0.15, 0.2) is 24.3 Å². The second kappa shape index (κ2) is 7.66. The quantitative estimate of drug-likeness (QED) is 0.763. The average Bonchev–Trinajstić information content (AvgIpc) is 2.54. The number of carbonyl (C=O) groups excluding carboxylic acids is 1. The number of anilines is 1. The number of hydrogen-bond donors (Lipinski definition) is 0. The highest BCUT2D eigenvalue weighted by Crippen LogP contribution is 2.29. The first-order valence-corrected chi connectivity index (χ1v) is 8.54. The molecule has 1 aromatic carbocycles. The zero-order valence-electron chi connectivity index (χ0n) is 14.3. The van der Waals surface area contributed by atoms with Crippen molar-refractivity contribution in [2.24, 2.45) is 11.8 Å². The predicted octanol–water partition coefficient (Wildman–Crippen LogP) is 4.23. The van der Waals surface area contributed by atoms with E-state index in [0.29, 0.717) is 18.4 Å². The Balaban J connectivity index is 1.90. The molecule has 1 aromatic rings. The lowest BCUT2D eigenvalue weighted by atomic mass is 9.85. The summed E-state index contributed by atoms with van der Waals surface area (Å²) in [5.74, 6) is 1.00. The van der Waals surface area contributed by atoms with E-state index in [1.165, 1.54) is 11.3 Å². The van der Waals surface area contributed by atoms with Gasteiger partial charge in [-0.25, -0.2) is 0 Å². The third-order valence-electron chi connectivity index (χ3n) is 4.83. The molecule has 122 valence electrons. The molecule has 1 heterocycles. The first-order valence-electron chi connectivity index (χ1n) is 8.54. The number of piperidine rings is 1. The van der Waals surface area contributed by atoms with E-state index < -0.39 is 0 Å². The fraction of sp³-hybridized carbons (Fsp3) is 0.632. The van der Waals surface area contributed by atoms with Gasteiger partial charge in [-0.05, 0) is 49.3 Å². The van der Waals surface area contributed by atoms with Crippen molar-refractivity contribution in [2.45, 2.75) is 46.5 Å². The Hall–Kier alpha value is -1.51. The number of nitrogens with zero attached hydrogens (tertiary/aromatic N) is 1. The van der Waals surface area contributed by atoms with Crippen molar-refractivity contribution in [2.75, 3.05) is 24.6 Å². The molecule has 0 bridgehead atoms. The van der Waals surface area contributed by atoms with Crippen LogP contribution in [0.3, 0.4) is 0 Å². The predicted molar refractivity (Wildman–Crippen MR) is 91.3 cm³/mol. The third-order valence-corrected chi connectivity index (χ3v) is 4.83. The van der Waals surface area contributed by atoms with Crippen molar-refractivity contribution >= 4 is 11.7 Å². The van der Waals surface area contributed by atoms with Crippen LogP contribution in [0.1, 0.15) is 52.0 Å². The van der Waals surface area contributed by atoms with Gasteiger partial charge in [0.25, 0.3) is 0 Å². The normalized spacial score (nSPS) is 17.6. The van der Waals surface area contributed by atoms with Gasteiger partial charge in [0.2, 0.25) is 0 Å². The van der Waals surface area contributed by atoms with Crippen LogP contribution in [0.2, 0.25) is 0 Å². The summed E-state index contributed by atoms with van der Waals surface area (Å²) < 4.78 is 5.15. The molecule has 0 amide bonds. The summed E-state index contributed by atoms with van der Waals surface area (Å²) in [7, 11) is 0. The van der Waals surface area contributed by atoms with Gasteiger partial charge in [-0.3, -0.25) is 4.79 Å². The summed E-state index contributed by atoms with van der Waals surface area (Å²) in [6.07, 6.45) is 2.12. The molecule has 1 aliphatic heterocycles. The van der Waals surface area contributed by atoms with Gasteiger partial charge in [0, 0.05) is 18.8 Å². The lowest BCUT2D eigenvalue weighted by Gasteiger charge is -2.35. The Morgan fingerprint density at radius 1 is 1.18 bits per heavy atom. The van der Waals surface area contributed by atoms with E-state index in [1.54, 1.807) is 0 Å². The Morgan fingerprint density at radius 3 is 2.27 bits per heavy atom. The molecule has 0 radical (unpaired) electrons. The van der Waals surface area contributed by atoms with Crippen molar-refractivity contribution in [3.8, 4) is 0 Å². The Morgan fingerprint density at radius 2 is 1.77 bits per heavy atom. The minimum absolute atomic E-state index is 0.0189. The van der Waals surface area contributed by atoms with E-state index in [2.05, 4.69) is 43.0 Å². The standard InChI is InChI=1S/C19H29NO2/c1-5-22-19(21)15(4)17-10-12-20(13-11-17)18-8-6-16(7-9-18)14(2)3/h6-9,14-15,17H,5,10-13H2,1-4H3. The fourth-order valence-corrected chi connectivity index (χ4v) is 3.19. The summed E-state index contributed by atoms with van der Waals surface area (Å²) >= 11 is 0. The second-order valence-electron chi connectivity index (χ2n) is 6.61. The molecule has 1 aliphatic rings. The lowest BCUT2D eigenvalue weighted by molar-refractivity contribution is -0.149. The van der Waals surface area contributed by atoms with Crippen LogP contribution in [0.5, 0.6) is 0 Å². The molecule has 22 heavy (non-hydrogen) atoms. The minimum Gasteiger partial charge on any atom is -0.466 e. The first-order chi connectivity index (χ1) is 10.5. The fourth-order valence-electron chi connectivity index (χ4n) is 3.19. The Labute approximate surface area is 134 Å². The highest BCUT2D eigenvalue weighted by Gasteiger charge is 2.29. The van der Waals surface area contributed by atoms with E-state index in [9.17, 15) is 4.79 Å². The zero-order valence-corrected chi connectivity index (χ0v) is 14.3. The van der Waals surface area contributed by atoms with Crippen molar-refractivity contribution in [3.63, 3.8) is 0 Å². The summed E-state index contributed by atoms with van der Waals surface area (Å²) in [6.45, 7) is 10.8. The minimum atomic E-state index is -0.0396. The van der Waals surface area contributed by atoms with Gasteiger partial charge in [0.15, 0.2) is 0 Å². The van der Waals surface area contributed by atoms with E-state index in [-0.39, 0.29) is 11.9 Å². The molecule has 1 fully saturated rings. The van der Waals surface area contributed by atoms with E-state index in [1.807, 2.05) is 13.8 Å². The number of benzene rings is 1. The van der Waals surface area contributed by atoms with Crippen LogP contribution >= 0.6 is 0 Å². The molecular formula is C19H29NO2. The second-order valence-corrected chi connectivity index (χ2v) is 6.61. The molecule has 0 aliphatic carbocycles. The van der Waals surface area contributed by atoms with Gasteiger partial charge in [-0.1, -0.05) is 32.9 Å². The molecule has 3 heteroatoms. The van der Waals surface area contributed by atoms with Gasteiger partial charge in [-0.15, -0.1) is 0 Å². The van der Waals surface area contributed by atoms with Crippen molar-refractivity contribution in [3.05, 3.63) is 29.8 Å². The van der Waals surface area contributed by atoms with Gasteiger partial charge in [0.1, 0.15) is 0 Å². The molecule has 0 spiro atoms. The topological polar surface area (TPSA) is 29.5 Å². The molecule has 0 N–H and O–H groups in total. The number of ether oxygens (including phenoxy) is 1. The summed E-state index contributed by atoms with van der Waals surface area (Å²) in [4.78, 5) is 14.3. The van der Waals surface area contributed by atoms with Crippen LogP contribution in [0.4, 0.5) is 5.69 Å². The maximum atomic E-state index is 11.9. The van der Waals surface area contributed by atoms with Crippen molar-refractivity contribution in [1.82, 2.24) is 0 Å². The smallest absolute Gasteiger partial charge is 0.308 e. The molecule has 3 nitrogen and oxygen atoms in total. The van der Waals surface area contributed by atoms with E-state index >= 15 is 0 Å². The average molecular weight is 303 g/mol. The molecule has 2 rings (SSSR count). The molecular weight excluding hydrogens is 274 g/mol. The van der Waals surface area contributed by atoms with Gasteiger partial charge in [0.05, 0.1) is 12.5 Å². The SMILES string of the molecule is CCOC(=O)C(C)C1CCN(c2ccc(C(C)C)cc2)CC1. The summed E-state index contributed by atoms with van der Waals surface area (Å²) in [6, 6.07) is 8.91. The van der Waals surface area contributed by atoms with Gasteiger partial charge >= 0.3 is 5.97 Å². The number of hydrogen-bond acceptors (Lipinski definition) is 3. The van der Waals surface area contributed by atoms with E-state index in [0.717, 1.165) is 25.9 Å². The Bertz CT molecular complexity index is 473. The Kier molecular flexibility index (Phi) is 5.87. The summed E-state index contributed by atoms with van der Waals surface area (Å²) in [5, 5.41) is 0. The van der Waals surface area contributed by atoms with Crippen molar-refractivity contribution in [1.29, 1.82) is 0 Å². The van der Waals surface area contributed by atoms with Crippen LogP contribution in [-0.2, 0) is 9.53 Å². The number of rotatable bonds is 5. The lowest BCUT2D eigenvalue weighted by Crippen LogP contribution is -2.37. The maximum Gasteiger partial charge on any atom is 0.308 e. The molecule has 1 unspecified atom stereocenters. The highest BCUT2D eigenvalue weighted by molar-refractivity contribution is 5.72. The molecule has 1 atom stereocenters. The van der Waals surface area contributed by atoms with Crippen LogP contribution in [0, 0.1) is 11.8 Å². The van der Waals surface area contributed by atoms with Gasteiger partial charge in [-0.2, -0.15) is 0 Å². The molecule has 0 saturated carbocycles. The third kappa shape index (κ3) is 4.02. The highest BCUT2D eigenvalue weighted by atomic mass is 16.5.